The molecule has 0 aromatic heterocycles. The van der Waals surface area contributed by atoms with Crippen LogP contribution in [0.25, 0.3) is 0 Å². The van der Waals surface area contributed by atoms with Crippen LogP contribution in [0.5, 0.6) is 0 Å². The van der Waals surface area contributed by atoms with Crippen molar-refractivity contribution in [1.29, 1.82) is 0 Å². The summed E-state index contributed by atoms with van der Waals surface area (Å²) < 4.78 is 19.7. The molecule has 0 spiro atoms. The Labute approximate surface area is 175 Å². The van der Waals surface area contributed by atoms with E-state index in [1.165, 1.54) is 0 Å². The van der Waals surface area contributed by atoms with Gasteiger partial charge in [-0.1, -0.05) is 0 Å². The van der Waals surface area contributed by atoms with Gasteiger partial charge in [0.15, 0.2) is 0 Å². The van der Waals surface area contributed by atoms with Gasteiger partial charge in [0.05, 0.1) is 20.1 Å². The standard InChI is InChI=1S/C19H30N2O9/c1-18(2,3)29-16(25)20-12(15(24)28-8)10-9-11(14(23)27-7)21(13(10)22)17(26)30-19(4,5)6/h10-12H,9H2,1-8H3,(H,20,25)/t10-,11-,12+/m0/s1. The predicted molar refractivity (Wildman–Crippen MR) is 102 cm³/mol. The molecule has 0 aliphatic carbocycles. The van der Waals surface area contributed by atoms with Crippen LogP contribution in [0.1, 0.15) is 48.0 Å². The van der Waals surface area contributed by atoms with Gasteiger partial charge in [0.2, 0.25) is 5.91 Å². The van der Waals surface area contributed by atoms with Gasteiger partial charge in [0.1, 0.15) is 23.3 Å². The summed E-state index contributed by atoms with van der Waals surface area (Å²) in [5.74, 6) is -3.96. The van der Waals surface area contributed by atoms with Crippen LogP contribution in [0.2, 0.25) is 0 Å². The van der Waals surface area contributed by atoms with E-state index in [1.807, 2.05) is 0 Å². The van der Waals surface area contributed by atoms with E-state index in [1.54, 1.807) is 41.5 Å². The largest absolute Gasteiger partial charge is 0.467 e. The molecule has 1 saturated heterocycles. The number of hydrogen-bond acceptors (Lipinski definition) is 9. The van der Waals surface area contributed by atoms with E-state index < -0.39 is 59.2 Å². The maximum absolute atomic E-state index is 13.0. The molecule has 30 heavy (non-hydrogen) atoms. The lowest BCUT2D eigenvalue weighted by molar-refractivity contribution is -0.149. The Balaban J connectivity index is 3.23. The minimum absolute atomic E-state index is 0.277. The highest BCUT2D eigenvalue weighted by molar-refractivity contribution is 6.03. The van der Waals surface area contributed by atoms with Gasteiger partial charge in [0.25, 0.3) is 0 Å². The Morgan fingerprint density at radius 1 is 0.967 bits per heavy atom. The molecule has 11 heteroatoms. The van der Waals surface area contributed by atoms with E-state index in [0.717, 1.165) is 14.2 Å². The molecule has 1 N–H and O–H groups in total. The number of carbonyl (C=O) groups is 5. The monoisotopic (exact) mass is 430 g/mol. The first-order valence-corrected chi connectivity index (χ1v) is 9.32. The number of rotatable bonds is 4. The first-order valence-electron chi connectivity index (χ1n) is 9.32. The van der Waals surface area contributed by atoms with Crippen LogP contribution in [0.4, 0.5) is 9.59 Å². The second kappa shape index (κ2) is 9.31. The lowest BCUT2D eigenvalue weighted by Crippen LogP contribution is -2.51. The summed E-state index contributed by atoms with van der Waals surface area (Å²) in [6, 6.07) is -2.81. The lowest BCUT2D eigenvalue weighted by Gasteiger charge is -2.26. The molecule has 0 aromatic rings. The summed E-state index contributed by atoms with van der Waals surface area (Å²) in [4.78, 5) is 62.9. The number of amides is 3. The summed E-state index contributed by atoms with van der Waals surface area (Å²) in [5.41, 5.74) is -1.80. The van der Waals surface area contributed by atoms with Crippen LogP contribution in [-0.4, -0.2) is 72.4 Å². The Hall–Kier alpha value is -2.85. The summed E-state index contributed by atoms with van der Waals surface area (Å²) in [7, 11) is 2.18. The number of hydrogen-bond donors (Lipinski definition) is 1. The molecule has 1 aliphatic heterocycles. The summed E-state index contributed by atoms with van der Waals surface area (Å²) >= 11 is 0. The van der Waals surface area contributed by atoms with Gasteiger partial charge in [-0.15, -0.1) is 0 Å². The highest BCUT2D eigenvalue weighted by Crippen LogP contribution is 2.30. The summed E-state index contributed by atoms with van der Waals surface area (Å²) in [6.45, 7) is 9.65. The number of carbonyl (C=O) groups excluding carboxylic acids is 5. The minimum Gasteiger partial charge on any atom is -0.467 e. The topological polar surface area (TPSA) is 138 Å². The Kier molecular flexibility index (Phi) is 7.82. The molecular weight excluding hydrogens is 400 g/mol. The van der Waals surface area contributed by atoms with Gasteiger partial charge in [-0.2, -0.15) is 0 Å². The normalized spacial score (nSPS) is 20.3. The number of ether oxygens (including phenoxy) is 4. The first-order chi connectivity index (χ1) is 13.6. The van der Waals surface area contributed by atoms with Crippen molar-refractivity contribution < 1.29 is 42.9 Å². The van der Waals surface area contributed by atoms with Gasteiger partial charge in [-0.05, 0) is 48.0 Å². The number of methoxy groups -OCH3 is 2. The van der Waals surface area contributed by atoms with Gasteiger partial charge in [-0.25, -0.2) is 24.1 Å². The van der Waals surface area contributed by atoms with Crippen LogP contribution in [0.3, 0.4) is 0 Å². The Morgan fingerprint density at radius 3 is 1.93 bits per heavy atom. The van der Waals surface area contributed by atoms with Crippen molar-refractivity contribution in [1.82, 2.24) is 10.2 Å². The van der Waals surface area contributed by atoms with Gasteiger partial charge in [0, 0.05) is 0 Å². The molecule has 1 heterocycles. The maximum atomic E-state index is 13.0. The number of nitrogens with zero attached hydrogens (tertiary/aromatic N) is 1. The summed E-state index contributed by atoms with van der Waals surface area (Å²) in [6.07, 6.45) is -2.30. The van der Waals surface area contributed by atoms with E-state index in [4.69, 9.17) is 14.2 Å². The zero-order chi connectivity index (χ0) is 23.4. The summed E-state index contributed by atoms with van der Waals surface area (Å²) in [5, 5.41) is 2.29. The maximum Gasteiger partial charge on any atom is 0.417 e. The third-order valence-corrected chi connectivity index (χ3v) is 3.94. The van der Waals surface area contributed by atoms with Crippen molar-refractivity contribution in [3.05, 3.63) is 0 Å². The van der Waals surface area contributed by atoms with Crippen LogP contribution >= 0.6 is 0 Å². The van der Waals surface area contributed by atoms with Crippen molar-refractivity contribution in [2.45, 2.75) is 71.2 Å². The smallest absolute Gasteiger partial charge is 0.417 e. The second-order valence-electron chi connectivity index (χ2n) is 8.72. The molecule has 0 saturated carbocycles. The average molecular weight is 430 g/mol. The number of imide groups is 1. The molecule has 0 radical (unpaired) electrons. The zero-order valence-corrected chi connectivity index (χ0v) is 18.6. The van der Waals surface area contributed by atoms with E-state index >= 15 is 0 Å². The van der Waals surface area contributed by atoms with E-state index in [-0.39, 0.29) is 6.42 Å². The van der Waals surface area contributed by atoms with Gasteiger partial charge >= 0.3 is 24.1 Å². The fourth-order valence-corrected chi connectivity index (χ4v) is 2.81. The SMILES string of the molecule is COC(=O)[C@H](NC(=O)OC(C)(C)C)[C@@H]1C[C@@H](C(=O)OC)N(C(=O)OC(C)(C)C)C1=O. The molecule has 11 nitrogen and oxygen atoms in total. The molecule has 0 aromatic carbocycles. The third-order valence-electron chi connectivity index (χ3n) is 3.94. The molecule has 1 fully saturated rings. The molecular formula is C19H30N2O9. The van der Waals surface area contributed by atoms with Crippen molar-refractivity contribution >= 4 is 30.0 Å². The molecule has 0 unspecified atom stereocenters. The quantitative estimate of drug-likeness (QED) is 0.518. The van der Waals surface area contributed by atoms with Crippen molar-refractivity contribution in [3.8, 4) is 0 Å². The highest BCUT2D eigenvalue weighted by Gasteiger charge is 2.53. The average Bonchev–Trinajstić information content (AvgIpc) is 2.92. The minimum atomic E-state index is -1.49. The predicted octanol–water partition coefficient (Wildman–Crippen LogP) is 1.38. The fourth-order valence-electron chi connectivity index (χ4n) is 2.81. The van der Waals surface area contributed by atoms with Crippen molar-refractivity contribution in [2.75, 3.05) is 14.2 Å². The zero-order valence-electron chi connectivity index (χ0n) is 18.6. The molecule has 0 bridgehead atoms. The number of esters is 2. The van der Waals surface area contributed by atoms with Crippen molar-refractivity contribution in [2.24, 2.45) is 5.92 Å². The third kappa shape index (κ3) is 6.60. The van der Waals surface area contributed by atoms with E-state index in [0.29, 0.717) is 4.90 Å². The van der Waals surface area contributed by atoms with E-state index in [9.17, 15) is 24.0 Å². The van der Waals surface area contributed by atoms with Crippen LogP contribution in [0, 0.1) is 5.92 Å². The number of likely N-dealkylation sites (tertiary alicyclic amines) is 1. The first kappa shape index (κ1) is 25.2. The van der Waals surface area contributed by atoms with Crippen LogP contribution in [-0.2, 0) is 33.3 Å². The Bertz CT molecular complexity index is 706. The molecule has 3 atom stereocenters. The molecule has 1 aliphatic rings. The molecule has 3 amide bonds. The molecule has 170 valence electrons. The van der Waals surface area contributed by atoms with Crippen LogP contribution < -0.4 is 5.32 Å². The molecule has 1 rings (SSSR count). The van der Waals surface area contributed by atoms with Crippen LogP contribution in [0.15, 0.2) is 0 Å². The van der Waals surface area contributed by atoms with Gasteiger partial charge < -0.3 is 24.3 Å². The number of alkyl carbamates (subject to hydrolysis) is 1. The second-order valence-corrected chi connectivity index (χ2v) is 8.72. The van der Waals surface area contributed by atoms with Crippen molar-refractivity contribution in [3.63, 3.8) is 0 Å². The lowest BCUT2D eigenvalue weighted by atomic mass is 9.96. The highest BCUT2D eigenvalue weighted by atomic mass is 16.6. The number of nitrogens with one attached hydrogen (secondary N) is 1. The van der Waals surface area contributed by atoms with E-state index in [2.05, 4.69) is 10.1 Å². The van der Waals surface area contributed by atoms with Gasteiger partial charge in [-0.3, -0.25) is 4.79 Å². The fraction of sp³-hybridized carbons (Fsp3) is 0.737. The Morgan fingerprint density at radius 2 is 1.50 bits per heavy atom.